The summed E-state index contributed by atoms with van der Waals surface area (Å²) in [6, 6.07) is 3.70. The van der Waals surface area contributed by atoms with E-state index in [1.807, 2.05) is 19.1 Å². The summed E-state index contributed by atoms with van der Waals surface area (Å²) in [6.45, 7) is 1.85. The molecule has 0 fully saturated rings. The molecule has 0 aliphatic carbocycles. The Bertz CT molecular complexity index is 651. The largest absolute Gasteiger partial charge is 0.466 e. The monoisotopic (exact) mass is 421 g/mol. The zero-order valence-corrected chi connectivity index (χ0v) is 15.5. The van der Waals surface area contributed by atoms with Gasteiger partial charge in [0, 0.05) is 6.42 Å². The van der Waals surface area contributed by atoms with Gasteiger partial charge in [0.25, 0.3) is 0 Å². The molecular weight excluding hydrogens is 415 g/mol. The predicted molar refractivity (Wildman–Crippen MR) is 93.8 cm³/mol. The molecule has 0 unspecified atom stereocenters. The molecule has 0 atom stereocenters. The average Bonchev–Trinajstić information content (AvgIpc) is 2.80. The Morgan fingerprint density at radius 3 is 2.27 bits per heavy atom. The fourth-order valence-corrected chi connectivity index (χ4v) is 2.09. The van der Waals surface area contributed by atoms with Crippen molar-refractivity contribution in [2.75, 3.05) is 0 Å². The number of nitrogens with zero attached hydrogens (tertiary/aromatic N) is 2. The molecule has 10 heteroatoms. The lowest BCUT2D eigenvalue weighted by Crippen LogP contribution is -2.39. The maximum atomic E-state index is 5.82. The van der Waals surface area contributed by atoms with Crippen molar-refractivity contribution in [3.63, 3.8) is 0 Å². The first kappa shape index (κ1) is 18.2. The number of aliphatic imine (C=N–C) groups is 2. The van der Waals surface area contributed by atoms with E-state index < -0.39 is 7.59 Å². The Morgan fingerprint density at radius 2 is 1.77 bits per heavy atom. The maximum absolute atomic E-state index is 5.82. The van der Waals surface area contributed by atoms with Crippen LogP contribution in [0, 0.1) is 6.92 Å². The molecule has 4 nitrogen and oxygen atoms in total. The van der Waals surface area contributed by atoms with Gasteiger partial charge in [-0.15, -0.1) is 0 Å². The second kappa shape index (κ2) is 6.80. The van der Waals surface area contributed by atoms with Crippen molar-refractivity contribution < 1.29 is 4.42 Å². The first-order valence-electron chi connectivity index (χ1n) is 5.90. The summed E-state index contributed by atoms with van der Waals surface area (Å²) < 4.78 is 1.80. The fraction of sp³-hybridized carbons (Fsp3) is 0.333. The number of alkyl halides is 6. The van der Waals surface area contributed by atoms with Crippen molar-refractivity contribution in [1.29, 1.82) is 0 Å². The Balaban J connectivity index is 2.28. The van der Waals surface area contributed by atoms with Crippen LogP contribution in [0.2, 0.25) is 0 Å². The molecule has 2 heterocycles. The van der Waals surface area contributed by atoms with Gasteiger partial charge in [-0.05, 0) is 25.1 Å². The molecule has 0 spiro atoms. The summed E-state index contributed by atoms with van der Waals surface area (Å²) in [7, 11) is 0. The number of halogens is 6. The number of hydrogen-bond donors (Lipinski definition) is 1. The van der Waals surface area contributed by atoms with Crippen LogP contribution in [0.1, 0.15) is 11.5 Å². The molecule has 0 saturated heterocycles. The minimum atomic E-state index is -1.84. The molecule has 1 aliphatic rings. The lowest BCUT2D eigenvalue weighted by Gasteiger charge is -2.23. The zero-order valence-electron chi connectivity index (χ0n) is 11.0. The second-order valence-corrected chi connectivity index (χ2v) is 8.88. The summed E-state index contributed by atoms with van der Waals surface area (Å²) in [5, 5.41) is 2.78. The van der Waals surface area contributed by atoms with Crippen LogP contribution in [0.25, 0.3) is 0 Å². The first-order valence-corrected chi connectivity index (χ1v) is 8.17. The number of allylic oxidation sites excluding steroid dienone is 1. The van der Waals surface area contributed by atoms with Gasteiger partial charge in [0.2, 0.25) is 7.59 Å². The van der Waals surface area contributed by atoms with Crippen LogP contribution < -0.4 is 5.32 Å². The van der Waals surface area contributed by atoms with Crippen molar-refractivity contribution in [1.82, 2.24) is 5.32 Å². The molecule has 120 valence electrons. The van der Waals surface area contributed by atoms with E-state index in [-0.39, 0.29) is 11.7 Å². The topological polar surface area (TPSA) is 49.9 Å². The minimum absolute atomic E-state index is 0.00398. The molecule has 0 amide bonds. The minimum Gasteiger partial charge on any atom is -0.466 e. The molecule has 0 aromatic carbocycles. The Kier molecular flexibility index (Phi) is 5.63. The average molecular weight is 424 g/mol. The lowest BCUT2D eigenvalue weighted by atomic mass is 10.3. The molecule has 22 heavy (non-hydrogen) atoms. The maximum Gasteiger partial charge on any atom is 0.250 e. The van der Waals surface area contributed by atoms with Crippen LogP contribution in [0.5, 0.6) is 0 Å². The van der Waals surface area contributed by atoms with Crippen molar-refractivity contribution >= 4 is 81.3 Å². The Hall–Kier alpha value is -0.1000. The SMILES string of the molecule is Cc1ccc(C/C=C2/N=C(C(Cl)(Cl)Cl)N=C(C(Cl)(Cl)Cl)N2)o1. The van der Waals surface area contributed by atoms with Crippen molar-refractivity contribution in [2.24, 2.45) is 9.98 Å². The number of aryl methyl sites for hydroxylation is 1. The van der Waals surface area contributed by atoms with Gasteiger partial charge in [-0.25, -0.2) is 9.98 Å². The van der Waals surface area contributed by atoms with Gasteiger partial charge in [-0.1, -0.05) is 69.6 Å². The van der Waals surface area contributed by atoms with E-state index in [1.54, 1.807) is 6.08 Å². The molecule has 2 rings (SSSR count). The van der Waals surface area contributed by atoms with Crippen LogP contribution in [-0.2, 0) is 6.42 Å². The molecule has 0 saturated carbocycles. The summed E-state index contributed by atoms with van der Waals surface area (Å²) in [5.41, 5.74) is 0. The third kappa shape index (κ3) is 4.95. The van der Waals surface area contributed by atoms with Crippen molar-refractivity contribution in [3.05, 3.63) is 35.6 Å². The van der Waals surface area contributed by atoms with E-state index in [1.165, 1.54) is 0 Å². The van der Waals surface area contributed by atoms with Crippen LogP contribution in [-0.4, -0.2) is 19.3 Å². The summed E-state index contributed by atoms with van der Waals surface area (Å²) in [4.78, 5) is 8.04. The van der Waals surface area contributed by atoms with E-state index >= 15 is 0 Å². The molecule has 1 aromatic heterocycles. The highest BCUT2D eigenvalue weighted by Crippen LogP contribution is 2.34. The van der Waals surface area contributed by atoms with Crippen LogP contribution >= 0.6 is 69.6 Å². The summed E-state index contributed by atoms with van der Waals surface area (Å²) in [6.07, 6.45) is 2.17. The van der Waals surface area contributed by atoms with Crippen LogP contribution in [0.4, 0.5) is 0 Å². The van der Waals surface area contributed by atoms with E-state index in [0.29, 0.717) is 12.2 Å². The Morgan fingerprint density at radius 1 is 1.09 bits per heavy atom. The van der Waals surface area contributed by atoms with Gasteiger partial charge in [0.1, 0.15) is 17.3 Å². The van der Waals surface area contributed by atoms with E-state index in [0.717, 1.165) is 11.5 Å². The summed E-state index contributed by atoms with van der Waals surface area (Å²) >= 11 is 34.9. The number of nitrogens with one attached hydrogen (secondary N) is 1. The highest BCUT2D eigenvalue weighted by molar-refractivity contribution is 6.79. The number of amidine groups is 2. The molecule has 0 radical (unpaired) electrons. The van der Waals surface area contributed by atoms with Gasteiger partial charge in [0.15, 0.2) is 11.7 Å². The molecule has 1 aliphatic heterocycles. The highest BCUT2D eigenvalue weighted by atomic mass is 35.6. The molecule has 1 aromatic rings. The third-order valence-electron chi connectivity index (χ3n) is 2.51. The van der Waals surface area contributed by atoms with Crippen LogP contribution in [0.15, 0.2) is 38.4 Å². The lowest BCUT2D eigenvalue weighted by molar-refractivity contribution is 0.494. The van der Waals surface area contributed by atoms with Gasteiger partial charge in [-0.3, -0.25) is 0 Å². The quantitative estimate of drug-likeness (QED) is 0.672. The van der Waals surface area contributed by atoms with Crippen molar-refractivity contribution in [2.45, 2.75) is 20.9 Å². The van der Waals surface area contributed by atoms with Gasteiger partial charge < -0.3 is 9.73 Å². The molecular formula is C12H9Cl6N3O. The van der Waals surface area contributed by atoms with Crippen LogP contribution in [0.3, 0.4) is 0 Å². The smallest absolute Gasteiger partial charge is 0.250 e. The van der Waals surface area contributed by atoms with E-state index in [2.05, 4.69) is 15.3 Å². The third-order valence-corrected chi connectivity index (χ3v) is 3.55. The number of hydrogen-bond acceptors (Lipinski definition) is 4. The highest BCUT2D eigenvalue weighted by Gasteiger charge is 2.36. The number of furan rings is 1. The van der Waals surface area contributed by atoms with Gasteiger partial charge in [0.05, 0.1) is 0 Å². The molecule has 1 N–H and O–H groups in total. The van der Waals surface area contributed by atoms with Crippen molar-refractivity contribution in [3.8, 4) is 0 Å². The number of rotatable bonds is 2. The first-order chi connectivity index (χ1) is 10.1. The standard InChI is InChI=1S/C12H9Cl6N3O/c1-6-2-3-7(22-6)4-5-8-19-9(11(13,14)15)21-10(20-8)12(16,17)18/h2-3,5H,4H2,1H3,(H,19,20,21). The van der Waals surface area contributed by atoms with Gasteiger partial charge >= 0.3 is 0 Å². The molecule has 0 bridgehead atoms. The fourth-order valence-electron chi connectivity index (χ4n) is 1.57. The summed E-state index contributed by atoms with van der Waals surface area (Å²) in [5.74, 6) is 1.79. The Labute approximate surface area is 157 Å². The normalized spacial score (nSPS) is 18.0. The van der Waals surface area contributed by atoms with E-state index in [4.69, 9.17) is 74.0 Å². The van der Waals surface area contributed by atoms with Gasteiger partial charge in [-0.2, -0.15) is 0 Å². The van der Waals surface area contributed by atoms with E-state index in [9.17, 15) is 0 Å². The predicted octanol–water partition coefficient (Wildman–Crippen LogP) is 5.11. The second-order valence-electron chi connectivity index (χ2n) is 4.32. The zero-order chi connectivity index (χ0) is 16.5.